The van der Waals surface area contributed by atoms with Crippen LogP contribution in [0.1, 0.15) is 87.1 Å². The van der Waals surface area contributed by atoms with Gasteiger partial charge in [0, 0.05) is 296 Å². The van der Waals surface area contributed by atoms with E-state index in [4.69, 9.17) is 47.4 Å². The molecule has 0 aliphatic carbocycles. The molecule has 0 heterocycles. The molecular weight excluding hydrogens is 2190 g/mol. The molecule has 0 saturated heterocycles. The Balaban J connectivity index is 0.000000451. The Morgan fingerprint density at radius 3 is 0.484 bits per heavy atom. The largest absolute Gasteiger partial charge is 0.515 e. The molecule has 8 radical (unpaired) electrons. The van der Waals surface area contributed by atoms with E-state index in [0.717, 1.165) is 115 Å². The van der Waals surface area contributed by atoms with Gasteiger partial charge in [-0.1, -0.05) is 186 Å². The first-order valence-corrected chi connectivity index (χ1v) is 39.1. The van der Waals surface area contributed by atoms with Crippen molar-refractivity contribution in [1.82, 2.24) is 0 Å². The summed E-state index contributed by atoms with van der Waals surface area (Å²) < 4.78 is 58.3. The van der Waals surface area contributed by atoms with E-state index in [1.807, 2.05) is 315 Å². The SMILES string of the molecule is C.C.Cc1ccc(OCCOc2cc[c-]cc2)cc1.Cc1ccc(Oc2ccc(C(C)(C)c3ccc(C(C)(C)c4ccc(Oc5cc[c-]cc5)cc4)cc3)cc2)cc1.Cc1ccc(Oc2ccc(Oc3cc[c-]cc3)cc2)cc1.Cc1ccc(Oc2ccc(Oc3ccc(-c4ccc(Oc5ccc(Oc6cc[c-]cc6)cc5)cc4)cc3)cc2)cc1.[Y].[Y].[Y].[Y].[Y].[Y].[Y].[Y]. The molecule has 16 aromatic rings. The van der Waals surface area contributed by atoms with Crippen LogP contribution in [0, 0.1) is 52.0 Å². The Bertz CT molecular complexity index is 5680. The van der Waals surface area contributed by atoms with Crippen LogP contribution in [0.2, 0.25) is 0 Å². The van der Waals surface area contributed by atoms with Gasteiger partial charge in [-0.3, -0.25) is 0 Å². The fourth-order valence-electron chi connectivity index (χ4n) is 12.3. The first-order chi connectivity index (χ1) is 57.5. The predicted octanol–water partition coefficient (Wildman–Crippen LogP) is 30.5. The van der Waals surface area contributed by atoms with Gasteiger partial charge in [0.25, 0.3) is 0 Å². The van der Waals surface area contributed by atoms with Crippen LogP contribution in [0.15, 0.2) is 388 Å². The number of rotatable bonds is 26. The van der Waals surface area contributed by atoms with Crippen LogP contribution in [0.4, 0.5) is 0 Å². The molecule has 0 fully saturated rings. The number of hydrogen-bond donors (Lipinski definition) is 0. The second-order valence-corrected chi connectivity index (χ2v) is 29.0. The third-order valence-electron chi connectivity index (χ3n) is 19.3. The van der Waals surface area contributed by atoms with Gasteiger partial charge >= 0.3 is 0 Å². The van der Waals surface area contributed by atoms with Crippen LogP contribution >= 0.6 is 0 Å². The van der Waals surface area contributed by atoms with Crippen LogP contribution in [0.3, 0.4) is 0 Å². The molecule has 628 valence electrons. The second-order valence-electron chi connectivity index (χ2n) is 29.0. The van der Waals surface area contributed by atoms with Crippen LogP contribution in [-0.2, 0) is 273 Å². The van der Waals surface area contributed by atoms with E-state index >= 15 is 0 Å². The van der Waals surface area contributed by atoms with E-state index in [0.29, 0.717) is 13.2 Å². The fraction of sp³-hybridized carbons (Fsp3) is 0.127. The van der Waals surface area contributed by atoms with Gasteiger partial charge in [-0.2, -0.15) is 72.8 Å². The van der Waals surface area contributed by atoms with E-state index < -0.39 is 0 Å². The van der Waals surface area contributed by atoms with Crippen molar-refractivity contribution in [3.8, 4) is 115 Å². The summed E-state index contributed by atoms with van der Waals surface area (Å²) >= 11 is 0. The molecule has 0 aliphatic rings. The smallest absolute Gasteiger partial charge is 0.127 e. The molecule has 0 saturated carbocycles. The first kappa shape index (κ1) is 117. The van der Waals surface area contributed by atoms with Gasteiger partial charge in [0.05, 0.1) is 0 Å². The van der Waals surface area contributed by atoms with Gasteiger partial charge in [0.1, 0.15) is 93.7 Å². The normalized spacial score (nSPS) is 9.94. The third-order valence-corrected chi connectivity index (χ3v) is 19.3. The van der Waals surface area contributed by atoms with E-state index in [1.54, 1.807) is 0 Å². The second kappa shape index (κ2) is 60.6. The van der Waals surface area contributed by atoms with Gasteiger partial charge < -0.3 is 47.4 Å². The number of benzene rings is 16. The van der Waals surface area contributed by atoms with Crippen LogP contribution in [-0.4, -0.2) is 13.2 Å². The van der Waals surface area contributed by atoms with Crippen molar-refractivity contribution in [3.63, 3.8) is 0 Å². The summed E-state index contributed by atoms with van der Waals surface area (Å²) in [6, 6.07) is 138. The molecule has 18 heteroatoms. The quantitative estimate of drug-likeness (QED) is 0.0385. The number of aryl methyl sites for hydroxylation is 4. The van der Waals surface area contributed by atoms with Gasteiger partial charge in [-0.05, 0) is 231 Å². The van der Waals surface area contributed by atoms with E-state index in [1.165, 1.54) is 44.5 Å². The summed E-state index contributed by atoms with van der Waals surface area (Å²) in [6.07, 6.45) is 0. The standard InChI is InChI=1S/C37H27O4.C37H35O2.C19H15O2.C15H15O2.2CH4.8Y/c1-27-7-13-31(14-8-27)39-35-23-25-37(26-24-35)41-33-17-11-29(12-18-33)28-9-15-32(16-10-28)40-36-21-19-34(20-22-36)38-30-5-3-2-4-6-30;1-27-11-21-33(22-12-27)39-35-25-19-31(20-26-35)37(4,5)29-15-13-28(14-16-29)36(2,3)30-17-23-34(24-18-30)38-32-9-7-6-8-10-32;1-15-7-9-17(10-8-15)21-19-13-11-18(12-14-19)20-16-5-3-2-4-6-16;1-13-7-9-15(10-8-13)17-12-11-16-14-5-3-2-4-6-14;;;;;;;;;;/h3-26H,1H3;7-26H,1-5H3;3-14H,1H3;3-10H,11-12H2,1H3;2*1H4;;;;;;;;/q4*-1;;;;;;;;;;. The van der Waals surface area contributed by atoms with Crippen LogP contribution < -0.4 is 47.4 Å². The molecule has 128 heavy (non-hydrogen) atoms. The molecule has 0 spiro atoms. The van der Waals surface area contributed by atoms with E-state index in [2.05, 4.69) is 152 Å². The molecule has 0 N–H and O–H groups in total. The average Bonchev–Trinajstić information content (AvgIpc) is 0.779. The minimum Gasteiger partial charge on any atom is -0.515 e. The van der Waals surface area contributed by atoms with Crippen molar-refractivity contribution in [3.05, 3.63) is 457 Å². The van der Waals surface area contributed by atoms with Crippen LogP contribution in [0.5, 0.6) is 103 Å². The zero-order valence-electron chi connectivity index (χ0n) is 72.1. The van der Waals surface area contributed by atoms with Crippen molar-refractivity contribution < 1.29 is 309 Å². The van der Waals surface area contributed by atoms with E-state index in [9.17, 15) is 0 Å². The predicted molar refractivity (Wildman–Crippen MR) is 486 cm³/mol. The first-order valence-electron chi connectivity index (χ1n) is 39.1. The maximum Gasteiger partial charge on any atom is 0.127 e. The minimum absolute atomic E-state index is 0. The zero-order valence-corrected chi connectivity index (χ0v) is 94.8. The van der Waals surface area contributed by atoms with Gasteiger partial charge in [0.15, 0.2) is 0 Å². The van der Waals surface area contributed by atoms with Crippen LogP contribution in [0.25, 0.3) is 11.1 Å². The summed E-state index contributed by atoms with van der Waals surface area (Å²) in [4.78, 5) is 0. The number of ether oxygens (including phenoxy) is 10. The molecule has 0 unspecified atom stereocenters. The van der Waals surface area contributed by atoms with Crippen molar-refractivity contribution in [1.29, 1.82) is 0 Å². The van der Waals surface area contributed by atoms with Gasteiger partial charge in [-0.15, -0.1) is 48.5 Å². The van der Waals surface area contributed by atoms with Crippen molar-refractivity contribution >= 4 is 0 Å². The maximum atomic E-state index is 6.03. The minimum atomic E-state index is -0.141. The Labute approximate surface area is 960 Å². The molecule has 16 rings (SSSR count). The third kappa shape index (κ3) is 37.7. The topological polar surface area (TPSA) is 92.3 Å². The summed E-state index contributed by atoms with van der Waals surface area (Å²) in [6.45, 7) is 18.4. The Hall–Kier alpha value is -5.65. The molecule has 0 aromatic heterocycles. The molecule has 0 amide bonds. The monoisotopic (exact) mass is 2290 g/mol. The van der Waals surface area contributed by atoms with Crippen molar-refractivity contribution in [2.45, 2.75) is 81.1 Å². The summed E-state index contributed by atoms with van der Waals surface area (Å²) in [5.41, 5.74) is 11.8. The Morgan fingerprint density at radius 2 is 0.297 bits per heavy atom. The number of hydrogen-bond acceptors (Lipinski definition) is 10. The van der Waals surface area contributed by atoms with E-state index in [-0.39, 0.29) is 287 Å². The Kier molecular flexibility index (Phi) is 55.1. The molecule has 10 nitrogen and oxygen atoms in total. The molecule has 0 aliphatic heterocycles. The average molecular weight is 2290 g/mol. The zero-order chi connectivity index (χ0) is 81.7. The Morgan fingerprint density at radius 1 is 0.172 bits per heavy atom. The van der Waals surface area contributed by atoms with Crippen molar-refractivity contribution in [2.75, 3.05) is 13.2 Å². The van der Waals surface area contributed by atoms with Gasteiger partial charge in [0.2, 0.25) is 0 Å². The summed E-state index contributed by atoms with van der Waals surface area (Å²) in [5.74, 6) is 14.3. The maximum absolute atomic E-state index is 6.03. The van der Waals surface area contributed by atoms with Crippen molar-refractivity contribution in [2.24, 2.45) is 0 Å². The summed E-state index contributed by atoms with van der Waals surface area (Å²) in [5, 5.41) is 0. The van der Waals surface area contributed by atoms with Gasteiger partial charge in [-0.25, -0.2) is 0 Å². The fourth-order valence-corrected chi connectivity index (χ4v) is 12.3. The molecule has 0 atom stereocenters. The summed E-state index contributed by atoms with van der Waals surface area (Å²) in [7, 11) is 0. The molecule has 16 aromatic carbocycles. The molecular formula is C110H100O10Y8-4. The molecule has 0 bridgehead atoms.